The molecule has 0 aromatic rings. The molecule has 0 radical (unpaired) electrons. The normalized spacial score (nSPS) is 15.8. The molecule has 1 rings (SSSR count). The second-order valence-corrected chi connectivity index (χ2v) is 11.8. The fourth-order valence-corrected chi connectivity index (χ4v) is 4.71. The van der Waals surface area contributed by atoms with Crippen LogP contribution in [0.2, 0.25) is 0 Å². The second-order valence-electron chi connectivity index (χ2n) is 11.8. The molecule has 17 nitrogen and oxygen atoms in total. The summed E-state index contributed by atoms with van der Waals surface area (Å²) in [5.41, 5.74) is 10.5. The molecule has 0 saturated carbocycles. The van der Waals surface area contributed by atoms with Crippen LogP contribution in [0, 0.1) is 17.8 Å². The van der Waals surface area contributed by atoms with Crippen molar-refractivity contribution < 1.29 is 52.5 Å². The number of carbonyl (C=O) groups is 7. The van der Waals surface area contributed by atoms with Crippen molar-refractivity contribution in [2.24, 2.45) is 29.2 Å². The van der Waals surface area contributed by atoms with E-state index in [2.05, 4.69) is 16.0 Å². The molecular formula is C31H54N6O11. The van der Waals surface area contributed by atoms with Crippen LogP contribution in [-0.4, -0.2) is 125 Å². The molecular weight excluding hydrogens is 632 g/mol. The topological polar surface area (TPSA) is 248 Å². The Morgan fingerprint density at radius 1 is 0.812 bits per heavy atom. The average molecular weight is 687 g/mol. The largest absolute Gasteiger partial charge is 0.379 e. The van der Waals surface area contributed by atoms with Crippen molar-refractivity contribution in [2.75, 3.05) is 72.5 Å². The van der Waals surface area contributed by atoms with E-state index in [1.807, 2.05) is 0 Å². The first-order valence-corrected chi connectivity index (χ1v) is 16.4. The number of hydrogen-bond donors (Lipinski definition) is 5. The zero-order valence-corrected chi connectivity index (χ0v) is 28.4. The number of ether oxygens (including phenoxy) is 4. The summed E-state index contributed by atoms with van der Waals surface area (Å²) in [6.07, 6.45) is 0.901. The van der Waals surface area contributed by atoms with Gasteiger partial charge in [0.15, 0.2) is 5.78 Å². The molecule has 1 heterocycles. The number of nitrogens with zero attached hydrogens (tertiary/aromatic N) is 1. The number of nitrogens with two attached hydrogens (primary N) is 2. The lowest BCUT2D eigenvalue weighted by Crippen LogP contribution is -2.46. The number of urea groups is 1. The molecule has 1 aliphatic rings. The van der Waals surface area contributed by atoms with Crippen molar-refractivity contribution in [2.45, 2.75) is 65.3 Å². The van der Waals surface area contributed by atoms with Crippen molar-refractivity contribution in [1.29, 1.82) is 0 Å². The van der Waals surface area contributed by atoms with E-state index in [1.54, 1.807) is 20.8 Å². The highest BCUT2D eigenvalue weighted by Crippen LogP contribution is 2.19. The van der Waals surface area contributed by atoms with Crippen molar-refractivity contribution >= 4 is 41.4 Å². The number of primary amides is 2. The van der Waals surface area contributed by atoms with Crippen LogP contribution in [0.15, 0.2) is 0 Å². The summed E-state index contributed by atoms with van der Waals surface area (Å²) in [7, 11) is 0. The summed E-state index contributed by atoms with van der Waals surface area (Å²) in [5.74, 6) is -3.26. The molecule has 17 heteroatoms. The molecule has 0 aromatic heterocycles. The van der Waals surface area contributed by atoms with Crippen molar-refractivity contribution in [1.82, 2.24) is 20.9 Å². The molecule has 1 aliphatic heterocycles. The second kappa shape index (κ2) is 24.5. The van der Waals surface area contributed by atoms with Crippen molar-refractivity contribution in [3.05, 3.63) is 0 Å². The molecule has 3 atom stereocenters. The Bertz CT molecular complexity index is 1060. The molecule has 0 aliphatic carbocycles. The Labute approximate surface area is 281 Å². The average Bonchev–Trinajstić information content (AvgIpc) is 3.26. The van der Waals surface area contributed by atoms with Gasteiger partial charge in [-0.3, -0.25) is 33.7 Å². The maximum Gasteiger partial charge on any atom is 0.312 e. The highest BCUT2D eigenvalue weighted by molar-refractivity contribution is 6.03. The zero-order valence-electron chi connectivity index (χ0n) is 28.4. The van der Waals surface area contributed by atoms with Crippen LogP contribution in [0.3, 0.4) is 0 Å². The summed E-state index contributed by atoms with van der Waals surface area (Å²) in [5, 5.41) is 7.82. The Kier molecular flexibility index (Phi) is 21.6. The number of hydrogen-bond acceptors (Lipinski definition) is 11. The summed E-state index contributed by atoms with van der Waals surface area (Å²) >= 11 is 0. The summed E-state index contributed by atoms with van der Waals surface area (Å²) in [6, 6.07) is -1.45. The number of rotatable bonds is 28. The monoisotopic (exact) mass is 686 g/mol. The third-order valence-corrected chi connectivity index (χ3v) is 7.40. The number of nitrogens with one attached hydrogen (secondary N) is 3. The van der Waals surface area contributed by atoms with Gasteiger partial charge in [-0.2, -0.15) is 0 Å². The van der Waals surface area contributed by atoms with Gasteiger partial charge in [0.2, 0.25) is 29.5 Å². The maximum atomic E-state index is 12.9. The van der Waals surface area contributed by atoms with Crippen LogP contribution in [0.25, 0.3) is 0 Å². The number of carbonyl (C=O) groups excluding carboxylic acids is 7. The Balaban J connectivity index is 2.04. The first-order valence-electron chi connectivity index (χ1n) is 16.4. The Morgan fingerprint density at radius 2 is 1.40 bits per heavy atom. The lowest BCUT2D eigenvalue weighted by atomic mass is 9.89. The fraction of sp³-hybridized carbons (Fsp3) is 0.774. The molecule has 1 unspecified atom stereocenters. The molecule has 1 saturated heterocycles. The van der Waals surface area contributed by atoms with E-state index < -0.39 is 23.9 Å². The quantitative estimate of drug-likeness (QED) is 0.0493. The first kappa shape index (κ1) is 42.4. The minimum Gasteiger partial charge on any atom is -0.379 e. The number of amides is 7. The van der Waals surface area contributed by atoms with Gasteiger partial charge in [-0.15, -0.1) is 0 Å². The molecule has 0 aromatic carbocycles. The van der Waals surface area contributed by atoms with Crippen LogP contribution < -0.4 is 27.4 Å². The van der Waals surface area contributed by atoms with Gasteiger partial charge in [-0.05, 0) is 18.8 Å². The van der Waals surface area contributed by atoms with Crippen molar-refractivity contribution in [3.63, 3.8) is 0 Å². The van der Waals surface area contributed by atoms with Gasteiger partial charge in [0.05, 0.1) is 58.9 Å². The molecule has 7 N–H and O–H groups in total. The molecule has 48 heavy (non-hydrogen) atoms. The number of likely N-dealkylation sites (tertiary alicyclic amines) is 1. The lowest BCUT2D eigenvalue weighted by molar-refractivity contribution is -0.139. The van der Waals surface area contributed by atoms with Gasteiger partial charge in [-0.25, -0.2) is 4.79 Å². The highest BCUT2D eigenvalue weighted by Gasteiger charge is 2.35. The van der Waals surface area contributed by atoms with Gasteiger partial charge >= 0.3 is 6.03 Å². The Hall–Kier alpha value is -3.67. The number of ketones is 1. The van der Waals surface area contributed by atoms with Gasteiger partial charge in [0, 0.05) is 57.2 Å². The zero-order chi connectivity index (χ0) is 35.9. The Morgan fingerprint density at radius 3 is 1.92 bits per heavy atom. The number of Topliss-reactive ketones (excluding diaryl/α,β-unsaturated/α-hetero) is 1. The molecule has 274 valence electrons. The standard InChI is InChI=1S/C31H54N6O11/c1-21(2)28(24(38)20-23(29(32)42)5-4-8-35-31(33)44)36-26(40)7-11-45-13-15-47-17-18-48-16-14-46-12-9-34-25(39)6-10-37-27(41)19-22(3)30(37)43/h21-23,28H,4-20H2,1-3H3,(H2,32,42)(H,34,39)(H,36,40)(H3,33,35,44)/t22?,23-,28+/m1/s1. The van der Waals surface area contributed by atoms with E-state index >= 15 is 0 Å². The van der Waals surface area contributed by atoms with E-state index in [9.17, 15) is 33.6 Å². The summed E-state index contributed by atoms with van der Waals surface area (Å²) in [6.45, 7) is 8.30. The minimum absolute atomic E-state index is 0.0429. The molecule has 0 bridgehead atoms. The van der Waals surface area contributed by atoms with Crippen LogP contribution >= 0.6 is 0 Å². The van der Waals surface area contributed by atoms with Gasteiger partial charge < -0.3 is 46.4 Å². The maximum absolute atomic E-state index is 12.9. The van der Waals surface area contributed by atoms with E-state index in [4.69, 9.17) is 30.4 Å². The third kappa shape index (κ3) is 18.6. The van der Waals surface area contributed by atoms with Gasteiger partial charge in [0.25, 0.3) is 0 Å². The summed E-state index contributed by atoms with van der Waals surface area (Å²) in [4.78, 5) is 84.5. The predicted molar refractivity (Wildman–Crippen MR) is 172 cm³/mol. The lowest BCUT2D eigenvalue weighted by Gasteiger charge is -2.23. The third-order valence-electron chi connectivity index (χ3n) is 7.40. The van der Waals surface area contributed by atoms with Crippen LogP contribution in [0.5, 0.6) is 0 Å². The minimum atomic E-state index is -0.778. The predicted octanol–water partition coefficient (Wildman–Crippen LogP) is -1.01. The van der Waals surface area contributed by atoms with Crippen LogP contribution in [0.4, 0.5) is 4.79 Å². The van der Waals surface area contributed by atoms with E-state index in [0.717, 1.165) is 4.90 Å². The van der Waals surface area contributed by atoms with E-state index in [-0.39, 0.29) is 93.2 Å². The fourth-order valence-electron chi connectivity index (χ4n) is 4.71. The van der Waals surface area contributed by atoms with Crippen LogP contribution in [-0.2, 0) is 47.7 Å². The SMILES string of the molecule is CC1CC(=O)N(CCC(=O)NCCOCCOCCOCCOCCC(=O)N[C@H](C(=O)C[C@@H](CCCNC(N)=O)C(N)=O)C(C)C)C1=O. The smallest absolute Gasteiger partial charge is 0.312 e. The van der Waals surface area contributed by atoms with Gasteiger partial charge in [0.1, 0.15) is 0 Å². The molecule has 0 spiro atoms. The van der Waals surface area contributed by atoms with Crippen molar-refractivity contribution in [3.8, 4) is 0 Å². The first-order chi connectivity index (χ1) is 22.8. The summed E-state index contributed by atoms with van der Waals surface area (Å²) < 4.78 is 21.7. The van der Waals surface area contributed by atoms with E-state index in [0.29, 0.717) is 59.0 Å². The highest BCUT2D eigenvalue weighted by atomic mass is 16.6. The van der Waals surface area contributed by atoms with Crippen LogP contribution in [0.1, 0.15) is 59.3 Å². The number of imide groups is 1. The molecule has 7 amide bonds. The van der Waals surface area contributed by atoms with Gasteiger partial charge in [-0.1, -0.05) is 20.8 Å². The van der Waals surface area contributed by atoms with E-state index in [1.165, 1.54) is 0 Å². The molecule has 1 fully saturated rings.